The Kier molecular flexibility index (Phi) is 5.40. The molecule has 2 N–H and O–H groups in total. The molecule has 0 fully saturated rings. The zero-order valence-electron chi connectivity index (χ0n) is 10.3. The molecule has 2 nitrogen and oxygen atoms in total. The SMILES string of the molecule is OC(CNCc1cccc(Br)c1)c1ccccc1Cl. The first-order valence-electron chi connectivity index (χ1n) is 6.04. The zero-order chi connectivity index (χ0) is 13.7. The fraction of sp³-hybridized carbons (Fsp3) is 0.200. The van der Waals surface area contributed by atoms with E-state index in [0.717, 1.165) is 10.0 Å². The summed E-state index contributed by atoms with van der Waals surface area (Å²) in [6.45, 7) is 1.18. The first kappa shape index (κ1) is 14.5. The number of hydrogen-bond donors (Lipinski definition) is 2. The first-order chi connectivity index (χ1) is 9.16. The number of aliphatic hydroxyl groups excluding tert-OH is 1. The highest BCUT2D eigenvalue weighted by molar-refractivity contribution is 9.10. The molecule has 100 valence electrons. The summed E-state index contributed by atoms with van der Waals surface area (Å²) in [7, 11) is 0. The molecule has 0 spiro atoms. The summed E-state index contributed by atoms with van der Waals surface area (Å²) >= 11 is 9.48. The van der Waals surface area contributed by atoms with E-state index in [9.17, 15) is 5.11 Å². The van der Waals surface area contributed by atoms with Crippen LogP contribution in [0.25, 0.3) is 0 Å². The number of nitrogens with one attached hydrogen (secondary N) is 1. The van der Waals surface area contributed by atoms with Crippen LogP contribution in [0.1, 0.15) is 17.2 Å². The molecule has 0 bridgehead atoms. The van der Waals surface area contributed by atoms with Crippen molar-refractivity contribution < 1.29 is 5.11 Å². The summed E-state index contributed by atoms with van der Waals surface area (Å²) in [6.07, 6.45) is -0.596. The van der Waals surface area contributed by atoms with Gasteiger partial charge in [0.1, 0.15) is 0 Å². The summed E-state index contributed by atoms with van der Waals surface area (Å²) in [5, 5.41) is 13.9. The van der Waals surface area contributed by atoms with Crippen LogP contribution in [0.5, 0.6) is 0 Å². The molecule has 2 rings (SSSR count). The van der Waals surface area contributed by atoms with Gasteiger partial charge in [-0.25, -0.2) is 0 Å². The van der Waals surface area contributed by atoms with Gasteiger partial charge in [-0.15, -0.1) is 0 Å². The lowest BCUT2D eigenvalue weighted by Gasteiger charge is -2.13. The van der Waals surface area contributed by atoms with Gasteiger partial charge in [0.15, 0.2) is 0 Å². The summed E-state index contributed by atoms with van der Waals surface area (Å²) in [6, 6.07) is 15.4. The number of halogens is 2. The fourth-order valence-electron chi connectivity index (χ4n) is 1.86. The maximum Gasteiger partial charge on any atom is 0.0928 e. The van der Waals surface area contributed by atoms with Crippen molar-refractivity contribution in [2.45, 2.75) is 12.6 Å². The molecule has 0 aliphatic carbocycles. The second kappa shape index (κ2) is 7.06. The maximum absolute atomic E-state index is 10.1. The Hall–Kier alpha value is -0.870. The molecule has 0 saturated carbocycles. The summed E-state index contributed by atoms with van der Waals surface area (Å²) in [4.78, 5) is 0. The molecule has 0 radical (unpaired) electrons. The molecule has 4 heteroatoms. The van der Waals surface area contributed by atoms with Gasteiger partial charge >= 0.3 is 0 Å². The van der Waals surface area contributed by atoms with Gasteiger partial charge in [0.05, 0.1) is 6.10 Å². The molecule has 0 amide bonds. The van der Waals surface area contributed by atoms with E-state index in [-0.39, 0.29) is 0 Å². The van der Waals surface area contributed by atoms with Crippen LogP contribution in [0.15, 0.2) is 53.0 Å². The Bertz CT molecular complexity index is 547. The van der Waals surface area contributed by atoms with Gasteiger partial charge in [-0.1, -0.05) is 57.9 Å². The van der Waals surface area contributed by atoms with Crippen LogP contribution in [-0.2, 0) is 6.54 Å². The monoisotopic (exact) mass is 339 g/mol. The second-order valence-corrected chi connectivity index (χ2v) is 5.62. The predicted octanol–water partition coefficient (Wildman–Crippen LogP) is 3.93. The molecule has 2 aromatic rings. The molecule has 1 unspecified atom stereocenters. The van der Waals surface area contributed by atoms with Crippen molar-refractivity contribution in [3.63, 3.8) is 0 Å². The molecule has 0 saturated heterocycles. The third-order valence-electron chi connectivity index (χ3n) is 2.82. The van der Waals surface area contributed by atoms with Crippen LogP contribution >= 0.6 is 27.5 Å². The number of benzene rings is 2. The van der Waals surface area contributed by atoms with Crippen LogP contribution in [0.4, 0.5) is 0 Å². The van der Waals surface area contributed by atoms with E-state index >= 15 is 0 Å². The minimum absolute atomic E-state index is 0.468. The minimum atomic E-state index is -0.596. The van der Waals surface area contributed by atoms with Crippen molar-refractivity contribution >= 4 is 27.5 Å². The van der Waals surface area contributed by atoms with Crippen molar-refractivity contribution in [3.8, 4) is 0 Å². The summed E-state index contributed by atoms with van der Waals surface area (Å²) in [5.41, 5.74) is 1.92. The molecule has 0 aliphatic rings. The van der Waals surface area contributed by atoms with Crippen molar-refractivity contribution in [3.05, 3.63) is 69.2 Å². The highest BCUT2D eigenvalue weighted by Gasteiger charge is 2.10. The molecule has 2 aromatic carbocycles. The Morgan fingerprint density at radius 3 is 2.68 bits per heavy atom. The lowest BCUT2D eigenvalue weighted by atomic mass is 10.1. The number of aliphatic hydroxyl groups is 1. The predicted molar refractivity (Wildman–Crippen MR) is 82.3 cm³/mol. The fourth-order valence-corrected chi connectivity index (χ4v) is 2.56. The van der Waals surface area contributed by atoms with Crippen molar-refractivity contribution in [2.24, 2.45) is 0 Å². The largest absolute Gasteiger partial charge is 0.387 e. The van der Waals surface area contributed by atoms with Gasteiger partial charge < -0.3 is 10.4 Å². The van der Waals surface area contributed by atoms with E-state index in [2.05, 4.69) is 27.3 Å². The Balaban J connectivity index is 1.88. The lowest BCUT2D eigenvalue weighted by Crippen LogP contribution is -2.21. The Morgan fingerprint density at radius 2 is 1.95 bits per heavy atom. The third-order valence-corrected chi connectivity index (χ3v) is 3.66. The molecule has 0 heterocycles. The van der Waals surface area contributed by atoms with Crippen LogP contribution in [-0.4, -0.2) is 11.7 Å². The van der Waals surface area contributed by atoms with Gasteiger partial charge in [-0.2, -0.15) is 0 Å². The van der Waals surface area contributed by atoms with Crippen molar-refractivity contribution in [2.75, 3.05) is 6.54 Å². The van der Waals surface area contributed by atoms with E-state index in [4.69, 9.17) is 11.6 Å². The third kappa shape index (κ3) is 4.32. The average Bonchev–Trinajstić information content (AvgIpc) is 2.39. The van der Waals surface area contributed by atoms with Gasteiger partial charge in [0, 0.05) is 28.1 Å². The summed E-state index contributed by atoms with van der Waals surface area (Å²) in [5.74, 6) is 0. The zero-order valence-corrected chi connectivity index (χ0v) is 12.7. The lowest BCUT2D eigenvalue weighted by molar-refractivity contribution is 0.174. The first-order valence-corrected chi connectivity index (χ1v) is 7.21. The maximum atomic E-state index is 10.1. The molecule has 0 aliphatic heterocycles. The van der Waals surface area contributed by atoms with E-state index in [1.54, 1.807) is 6.07 Å². The highest BCUT2D eigenvalue weighted by atomic mass is 79.9. The van der Waals surface area contributed by atoms with Gasteiger partial charge in [-0.05, 0) is 23.8 Å². The Labute approximate surface area is 126 Å². The molecular formula is C15H15BrClNO. The second-order valence-electron chi connectivity index (χ2n) is 4.30. The molecule has 1 atom stereocenters. The van der Waals surface area contributed by atoms with Crippen LogP contribution in [0, 0.1) is 0 Å². The van der Waals surface area contributed by atoms with Crippen LogP contribution in [0.2, 0.25) is 5.02 Å². The quantitative estimate of drug-likeness (QED) is 0.864. The molecule has 19 heavy (non-hydrogen) atoms. The van der Waals surface area contributed by atoms with Crippen LogP contribution in [0.3, 0.4) is 0 Å². The average molecular weight is 341 g/mol. The van der Waals surface area contributed by atoms with Crippen LogP contribution < -0.4 is 5.32 Å². The standard InChI is InChI=1S/C15H15BrClNO/c16-12-5-3-4-11(8-12)9-18-10-15(19)13-6-1-2-7-14(13)17/h1-8,15,18-19H,9-10H2. The normalized spacial score (nSPS) is 12.4. The topological polar surface area (TPSA) is 32.3 Å². The highest BCUT2D eigenvalue weighted by Crippen LogP contribution is 2.22. The summed E-state index contributed by atoms with van der Waals surface area (Å²) < 4.78 is 1.05. The van der Waals surface area contributed by atoms with Crippen molar-refractivity contribution in [1.82, 2.24) is 5.32 Å². The van der Waals surface area contributed by atoms with Gasteiger partial charge in [0.2, 0.25) is 0 Å². The van der Waals surface area contributed by atoms with Gasteiger partial charge in [0.25, 0.3) is 0 Å². The van der Waals surface area contributed by atoms with Crippen molar-refractivity contribution in [1.29, 1.82) is 0 Å². The minimum Gasteiger partial charge on any atom is -0.387 e. The van der Waals surface area contributed by atoms with E-state index in [0.29, 0.717) is 18.1 Å². The molecule has 0 aromatic heterocycles. The van der Waals surface area contributed by atoms with Gasteiger partial charge in [-0.3, -0.25) is 0 Å². The van der Waals surface area contributed by atoms with E-state index < -0.39 is 6.10 Å². The smallest absolute Gasteiger partial charge is 0.0928 e. The van der Waals surface area contributed by atoms with E-state index in [1.165, 1.54) is 5.56 Å². The molecular weight excluding hydrogens is 326 g/mol. The Morgan fingerprint density at radius 1 is 1.16 bits per heavy atom. The number of hydrogen-bond acceptors (Lipinski definition) is 2. The van der Waals surface area contributed by atoms with E-state index in [1.807, 2.05) is 36.4 Å². The number of rotatable bonds is 5.